The summed E-state index contributed by atoms with van der Waals surface area (Å²) in [6.07, 6.45) is 5.08. The molecule has 0 fully saturated rings. The monoisotopic (exact) mass is 183 g/mol. The average Bonchev–Trinajstić information content (AvgIpc) is 2.57. The van der Waals surface area contributed by atoms with Crippen LogP contribution in [0, 0.1) is 0 Å². The van der Waals surface area contributed by atoms with E-state index >= 15 is 0 Å². The number of rotatable bonds is 5. The smallest absolute Gasteiger partial charge is 0.327 e. The van der Waals surface area contributed by atoms with Crippen LogP contribution in [-0.4, -0.2) is 27.6 Å². The van der Waals surface area contributed by atoms with Crippen molar-refractivity contribution in [1.82, 2.24) is 15.0 Å². The molecular formula is C8H13N3O2. The fourth-order valence-corrected chi connectivity index (χ4v) is 0.825. The third-order valence-electron chi connectivity index (χ3n) is 1.52. The number of hydrogen-bond donors (Lipinski definition) is 0. The lowest BCUT2D eigenvalue weighted by atomic mass is 10.4. The zero-order valence-electron chi connectivity index (χ0n) is 7.64. The Morgan fingerprint density at radius 1 is 1.62 bits per heavy atom. The van der Waals surface area contributed by atoms with Gasteiger partial charge in [0.05, 0.1) is 12.8 Å². The van der Waals surface area contributed by atoms with Gasteiger partial charge in [0, 0.05) is 6.20 Å². The molecule has 0 amide bonds. The van der Waals surface area contributed by atoms with Crippen LogP contribution in [0.3, 0.4) is 0 Å². The van der Waals surface area contributed by atoms with E-state index in [4.69, 9.17) is 4.74 Å². The maximum atomic E-state index is 11.1. The van der Waals surface area contributed by atoms with Gasteiger partial charge in [-0.1, -0.05) is 18.6 Å². The summed E-state index contributed by atoms with van der Waals surface area (Å²) in [6, 6.07) is 0. The Morgan fingerprint density at radius 3 is 3.08 bits per heavy atom. The molecule has 0 bridgehead atoms. The van der Waals surface area contributed by atoms with Crippen molar-refractivity contribution in [1.29, 1.82) is 0 Å². The molecule has 5 nitrogen and oxygen atoms in total. The van der Waals surface area contributed by atoms with Gasteiger partial charge >= 0.3 is 5.97 Å². The molecule has 1 rings (SSSR count). The molecule has 0 unspecified atom stereocenters. The molecular weight excluding hydrogens is 170 g/mol. The molecule has 0 aliphatic rings. The minimum absolute atomic E-state index is 0.143. The zero-order chi connectivity index (χ0) is 9.52. The third-order valence-corrected chi connectivity index (χ3v) is 1.52. The van der Waals surface area contributed by atoms with Crippen molar-refractivity contribution in [2.24, 2.45) is 0 Å². The predicted molar refractivity (Wildman–Crippen MR) is 45.9 cm³/mol. The van der Waals surface area contributed by atoms with E-state index in [0.29, 0.717) is 6.61 Å². The Hall–Kier alpha value is -1.39. The Bertz CT molecular complexity index is 246. The molecule has 1 aromatic heterocycles. The SMILES string of the molecule is CCCCOC(=O)Cn1ccnn1. The van der Waals surface area contributed by atoms with Crippen LogP contribution in [0.2, 0.25) is 0 Å². The van der Waals surface area contributed by atoms with E-state index in [1.807, 2.05) is 6.92 Å². The van der Waals surface area contributed by atoms with Crippen LogP contribution < -0.4 is 0 Å². The number of aromatic nitrogens is 3. The zero-order valence-corrected chi connectivity index (χ0v) is 7.64. The van der Waals surface area contributed by atoms with Crippen LogP contribution in [0.25, 0.3) is 0 Å². The van der Waals surface area contributed by atoms with E-state index < -0.39 is 0 Å². The van der Waals surface area contributed by atoms with E-state index in [9.17, 15) is 4.79 Å². The van der Waals surface area contributed by atoms with Gasteiger partial charge in [-0.2, -0.15) is 0 Å². The average molecular weight is 183 g/mol. The van der Waals surface area contributed by atoms with Gasteiger partial charge < -0.3 is 4.74 Å². The van der Waals surface area contributed by atoms with Crippen LogP contribution in [0.5, 0.6) is 0 Å². The second-order valence-electron chi connectivity index (χ2n) is 2.67. The van der Waals surface area contributed by atoms with E-state index in [0.717, 1.165) is 12.8 Å². The second kappa shape index (κ2) is 5.29. The van der Waals surface area contributed by atoms with Gasteiger partial charge in [-0.15, -0.1) is 5.10 Å². The molecule has 0 aliphatic heterocycles. The van der Waals surface area contributed by atoms with Crippen molar-refractivity contribution >= 4 is 5.97 Å². The van der Waals surface area contributed by atoms with Crippen molar-refractivity contribution in [3.05, 3.63) is 12.4 Å². The summed E-state index contributed by atoms with van der Waals surface area (Å²) in [5.74, 6) is -0.265. The Kier molecular flexibility index (Phi) is 3.95. The molecule has 0 radical (unpaired) electrons. The lowest BCUT2D eigenvalue weighted by molar-refractivity contribution is -0.144. The number of unbranched alkanes of at least 4 members (excludes halogenated alkanes) is 1. The van der Waals surface area contributed by atoms with Gasteiger partial charge in [-0.05, 0) is 6.42 Å². The van der Waals surface area contributed by atoms with Gasteiger partial charge in [0.1, 0.15) is 6.54 Å². The Balaban J connectivity index is 2.18. The summed E-state index contributed by atoms with van der Waals surface area (Å²) in [4.78, 5) is 11.1. The van der Waals surface area contributed by atoms with Crippen molar-refractivity contribution in [2.75, 3.05) is 6.61 Å². The van der Waals surface area contributed by atoms with Crippen molar-refractivity contribution in [2.45, 2.75) is 26.3 Å². The summed E-state index contributed by atoms with van der Waals surface area (Å²) in [7, 11) is 0. The van der Waals surface area contributed by atoms with Crippen LogP contribution in [-0.2, 0) is 16.1 Å². The normalized spacial score (nSPS) is 9.92. The summed E-state index contributed by atoms with van der Waals surface area (Å²) in [5, 5.41) is 7.23. The molecule has 0 atom stereocenters. The maximum Gasteiger partial charge on any atom is 0.327 e. The highest BCUT2D eigenvalue weighted by atomic mass is 16.5. The molecule has 5 heteroatoms. The maximum absolute atomic E-state index is 11.1. The fraction of sp³-hybridized carbons (Fsp3) is 0.625. The number of nitrogens with zero attached hydrogens (tertiary/aromatic N) is 3. The Labute approximate surface area is 76.7 Å². The fourth-order valence-electron chi connectivity index (χ4n) is 0.825. The first-order valence-corrected chi connectivity index (χ1v) is 4.32. The minimum Gasteiger partial charge on any atom is -0.464 e. The summed E-state index contributed by atoms with van der Waals surface area (Å²) in [6.45, 7) is 2.68. The molecule has 0 aromatic carbocycles. The molecule has 1 heterocycles. The first kappa shape index (κ1) is 9.70. The number of hydrogen-bond acceptors (Lipinski definition) is 4. The molecule has 0 saturated carbocycles. The van der Waals surface area contributed by atoms with Crippen LogP contribution in [0.4, 0.5) is 0 Å². The molecule has 0 N–H and O–H groups in total. The van der Waals surface area contributed by atoms with E-state index in [1.54, 1.807) is 6.20 Å². The number of esters is 1. The molecule has 0 saturated heterocycles. The van der Waals surface area contributed by atoms with Crippen LogP contribution >= 0.6 is 0 Å². The quantitative estimate of drug-likeness (QED) is 0.496. The molecule has 1 aromatic rings. The molecule has 13 heavy (non-hydrogen) atoms. The molecule has 0 aliphatic carbocycles. The van der Waals surface area contributed by atoms with Gasteiger partial charge in [0.25, 0.3) is 0 Å². The third kappa shape index (κ3) is 3.68. The van der Waals surface area contributed by atoms with Crippen molar-refractivity contribution in [3.8, 4) is 0 Å². The van der Waals surface area contributed by atoms with Crippen molar-refractivity contribution in [3.63, 3.8) is 0 Å². The van der Waals surface area contributed by atoms with E-state index in [2.05, 4.69) is 10.3 Å². The number of carbonyl (C=O) groups is 1. The van der Waals surface area contributed by atoms with Crippen LogP contribution in [0.1, 0.15) is 19.8 Å². The van der Waals surface area contributed by atoms with Gasteiger partial charge in [-0.3, -0.25) is 4.79 Å². The summed E-state index contributed by atoms with van der Waals surface area (Å²) in [5.41, 5.74) is 0. The van der Waals surface area contributed by atoms with Gasteiger partial charge in [-0.25, -0.2) is 4.68 Å². The highest BCUT2D eigenvalue weighted by Gasteiger charge is 2.03. The van der Waals surface area contributed by atoms with Gasteiger partial charge in [0.2, 0.25) is 0 Å². The first-order valence-electron chi connectivity index (χ1n) is 4.32. The lowest BCUT2D eigenvalue weighted by Gasteiger charge is -2.02. The summed E-state index contributed by atoms with van der Waals surface area (Å²) >= 11 is 0. The standard InChI is InChI=1S/C8H13N3O2/c1-2-3-6-13-8(12)7-11-5-4-9-10-11/h4-5H,2-3,6-7H2,1H3. The highest BCUT2D eigenvalue weighted by Crippen LogP contribution is 1.90. The van der Waals surface area contributed by atoms with E-state index in [1.165, 1.54) is 10.9 Å². The molecule has 72 valence electrons. The van der Waals surface area contributed by atoms with E-state index in [-0.39, 0.29) is 12.5 Å². The second-order valence-corrected chi connectivity index (χ2v) is 2.67. The summed E-state index contributed by atoms with van der Waals surface area (Å²) < 4.78 is 6.37. The van der Waals surface area contributed by atoms with Crippen molar-refractivity contribution < 1.29 is 9.53 Å². The topological polar surface area (TPSA) is 57.0 Å². The van der Waals surface area contributed by atoms with Gasteiger partial charge in [0.15, 0.2) is 0 Å². The Morgan fingerprint density at radius 2 is 2.46 bits per heavy atom. The number of carbonyl (C=O) groups excluding carboxylic acids is 1. The lowest BCUT2D eigenvalue weighted by Crippen LogP contribution is -2.14. The molecule has 0 spiro atoms. The largest absolute Gasteiger partial charge is 0.464 e. The number of ether oxygens (including phenoxy) is 1. The minimum atomic E-state index is -0.265. The predicted octanol–water partition coefficient (Wildman–Crippen LogP) is 0.621. The van der Waals surface area contributed by atoms with Crippen LogP contribution in [0.15, 0.2) is 12.4 Å². The highest BCUT2D eigenvalue weighted by molar-refractivity contribution is 5.68. The first-order chi connectivity index (χ1) is 6.33.